The fourth-order valence-electron chi connectivity index (χ4n) is 1.85. The maximum Gasteiger partial charge on any atom is 0.0210 e. The third-order valence-corrected chi connectivity index (χ3v) is 3.20. The van der Waals surface area contributed by atoms with Gasteiger partial charge >= 0.3 is 0 Å². The molecule has 2 heteroatoms. The molecule has 2 unspecified atom stereocenters. The molecule has 1 aromatic rings. The average Bonchev–Trinajstić information content (AvgIpc) is 2.18. The van der Waals surface area contributed by atoms with E-state index in [2.05, 4.69) is 67.1 Å². The Morgan fingerprint density at radius 3 is 2.56 bits per heavy atom. The molecule has 0 aliphatic carbocycles. The van der Waals surface area contributed by atoms with Gasteiger partial charge in [-0.25, -0.2) is 0 Å². The van der Waals surface area contributed by atoms with Crippen molar-refractivity contribution in [1.29, 1.82) is 0 Å². The fourth-order valence-corrected chi connectivity index (χ4v) is 2.41. The first-order valence-corrected chi connectivity index (χ1v) is 6.84. The van der Waals surface area contributed by atoms with Crippen LogP contribution in [0.5, 0.6) is 0 Å². The molecule has 90 valence electrons. The molecule has 0 aliphatic rings. The lowest BCUT2D eigenvalue weighted by molar-refractivity contribution is 0.515. The average molecular weight is 284 g/mol. The minimum absolute atomic E-state index is 0.550. The van der Waals surface area contributed by atoms with Gasteiger partial charge in [0.1, 0.15) is 0 Å². The minimum atomic E-state index is 0.550. The van der Waals surface area contributed by atoms with Crippen molar-refractivity contribution in [3.63, 3.8) is 0 Å². The van der Waals surface area contributed by atoms with Gasteiger partial charge in [0.05, 0.1) is 0 Å². The van der Waals surface area contributed by atoms with Crippen LogP contribution in [-0.4, -0.2) is 10.9 Å². The van der Waals surface area contributed by atoms with E-state index in [1.54, 1.807) is 0 Å². The lowest BCUT2D eigenvalue weighted by Gasteiger charge is -2.16. The number of hydrogen-bond acceptors (Lipinski definition) is 1. The van der Waals surface area contributed by atoms with Gasteiger partial charge in [-0.2, -0.15) is 0 Å². The topological polar surface area (TPSA) is 12.0 Å². The highest BCUT2D eigenvalue weighted by atomic mass is 79.9. The smallest absolute Gasteiger partial charge is 0.0210 e. The van der Waals surface area contributed by atoms with Gasteiger partial charge in [-0.05, 0) is 38.3 Å². The molecular weight excluding hydrogens is 262 g/mol. The summed E-state index contributed by atoms with van der Waals surface area (Å²) in [4.78, 5) is 0.577. The van der Waals surface area contributed by atoms with E-state index in [1.165, 1.54) is 16.7 Å². The van der Waals surface area contributed by atoms with Crippen LogP contribution < -0.4 is 5.32 Å². The zero-order valence-corrected chi connectivity index (χ0v) is 12.3. The van der Waals surface area contributed by atoms with Gasteiger partial charge in [0.25, 0.3) is 0 Å². The Morgan fingerprint density at radius 1 is 1.25 bits per heavy atom. The Kier molecular flexibility index (Phi) is 5.50. The van der Waals surface area contributed by atoms with Crippen LogP contribution in [0.25, 0.3) is 0 Å². The van der Waals surface area contributed by atoms with E-state index < -0.39 is 0 Å². The van der Waals surface area contributed by atoms with Gasteiger partial charge in [-0.3, -0.25) is 0 Å². The number of halogens is 1. The van der Waals surface area contributed by atoms with Gasteiger partial charge in [0.2, 0.25) is 0 Å². The van der Waals surface area contributed by atoms with Crippen molar-refractivity contribution >= 4 is 15.9 Å². The first-order chi connectivity index (χ1) is 7.49. The van der Waals surface area contributed by atoms with E-state index in [1.807, 2.05) is 0 Å². The summed E-state index contributed by atoms with van der Waals surface area (Å²) in [5.74, 6) is 0. The molecule has 0 fully saturated rings. The van der Waals surface area contributed by atoms with Gasteiger partial charge < -0.3 is 5.32 Å². The predicted molar refractivity (Wildman–Crippen MR) is 75.2 cm³/mol. The quantitative estimate of drug-likeness (QED) is 0.807. The molecule has 2 atom stereocenters. The molecule has 0 radical (unpaired) electrons. The van der Waals surface area contributed by atoms with Gasteiger partial charge in [0, 0.05) is 17.4 Å². The number of hydrogen-bond donors (Lipinski definition) is 1. The van der Waals surface area contributed by atoms with Crippen LogP contribution in [-0.2, 0) is 6.54 Å². The second-order valence-corrected chi connectivity index (χ2v) is 6.29. The van der Waals surface area contributed by atoms with Gasteiger partial charge in [-0.15, -0.1) is 0 Å². The normalized spacial score (nSPS) is 14.8. The van der Waals surface area contributed by atoms with Crippen molar-refractivity contribution in [3.8, 4) is 0 Å². The van der Waals surface area contributed by atoms with Crippen molar-refractivity contribution in [2.45, 2.75) is 51.5 Å². The minimum Gasteiger partial charge on any atom is -0.310 e. The van der Waals surface area contributed by atoms with Crippen molar-refractivity contribution < 1.29 is 0 Å². The summed E-state index contributed by atoms with van der Waals surface area (Å²) in [6, 6.07) is 7.19. The summed E-state index contributed by atoms with van der Waals surface area (Å²) >= 11 is 3.59. The van der Waals surface area contributed by atoms with Crippen LogP contribution in [0.1, 0.15) is 37.0 Å². The fraction of sp³-hybridized carbons (Fsp3) is 0.571. The van der Waals surface area contributed by atoms with Crippen LogP contribution in [0.2, 0.25) is 0 Å². The zero-order chi connectivity index (χ0) is 12.1. The summed E-state index contributed by atoms with van der Waals surface area (Å²) in [6.45, 7) is 9.72. The molecule has 0 aromatic heterocycles. The number of alkyl halides is 1. The van der Waals surface area contributed by atoms with Crippen LogP contribution in [0.4, 0.5) is 0 Å². The van der Waals surface area contributed by atoms with Gasteiger partial charge in [-0.1, -0.05) is 46.6 Å². The molecule has 0 spiro atoms. The van der Waals surface area contributed by atoms with Crippen LogP contribution in [0, 0.1) is 13.8 Å². The predicted octanol–water partition coefficient (Wildman–Crippen LogP) is 3.96. The lowest BCUT2D eigenvalue weighted by atomic mass is 10.1. The summed E-state index contributed by atoms with van der Waals surface area (Å²) < 4.78 is 0. The monoisotopic (exact) mass is 283 g/mol. The third-order valence-electron chi connectivity index (χ3n) is 2.82. The largest absolute Gasteiger partial charge is 0.310 e. The van der Waals surface area contributed by atoms with E-state index in [0.717, 1.165) is 13.0 Å². The van der Waals surface area contributed by atoms with E-state index >= 15 is 0 Å². The molecule has 1 N–H and O–H groups in total. The number of rotatable bonds is 5. The molecule has 16 heavy (non-hydrogen) atoms. The number of aryl methyl sites for hydroxylation is 2. The van der Waals surface area contributed by atoms with Gasteiger partial charge in [0.15, 0.2) is 0 Å². The standard InChI is InChI=1S/C14H22BrN/c1-10-5-6-11(2)14(7-10)9-16-13(4)8-12(3)15/h5-7,12-13,16H,8-9H2,1-4H3. The SMILES string of the molecule is Cc1ccc(C)c(CNC(C)CC(C)Br)c1. The van der Waals surface area contributed by atoms with Crippen molar-refractivity contribution in [2.75, 3.05) is 0 Å². The molecule has 0 amide bonds. The summed E-state index contributed by atoms with van der Waals surface area (Å²) in [5.41, 5.74) is 4.12. The van der Waals surface area contributed by atoms with Crippen molar-refractivity contribution in [2.24, 2.45) is 0 Å². The van der Waals surface area contributed by atoms with Crippen LogP contribution in [0.15, 0.2) is 18.2 Å². The molecular formula is C14H22BrN. The van der Waals surface area contributed by atoms with E-state index in [0.29, 0.717) is 10.9 Å². The molecule has 0 saturated carbocycles. The molecule has 1 nitrogen and oxygen atoms in total. The number of benzene rings is 1. The van der Waals surface area contributed by atoms with E-state index in [-0.39, 0.29) is 0 Å². The zero-order valence-electron chi connectivity index (χ0n) is 10.7. The highest BCUT2D eigenvalue weighted by molar-refractivity contribution is 9.09. The maximum atomic E-state index is 3.59. The van der Waals surface area contributed by atoms with Crippen molar-refractivity contribution in [3.05, 3.63) is 34.9 Å². The Labute approximate surface area is 108 Å². The maximum absolute atomic E-state index is 3.59. The lowest BCUT2D eigenvalue weighted by Crippen LogP contribution is -2.27. The Hall–Kier alpha value is -0.340. The summed E-state index contributed by atoms with van der Waals surface area (Å²) in [7, 11) is 0. The summed E-state index contributed by atoms with van der Waals surface area (Å²) in [6.07, 6.45) is 1.16. The molecule has 0 heterocycles. The Bertz CT molecular complexity index is 334. The third kappa shape index (κ3) is 4.67. The summed E-state index contributed by atoms with van der Waals surface area (Å²) in [5, 5.41) is 3.57. The first kappa shape index (κ1) is 13.7. The van der Waals surface area contributed by atoms with E-state index in [4.69, 9.17) is 0 Å². The highest BCUT2D eigenvalue weighted by Crippen LogP contribution is 2.12. The number of nitrogens with one attached hydrogen (secondary N) is 1. The molecule has 1 rings (SSSR count). The van der Waals surface area contributed by atoms with Crippen LogP contribution in [0.3, 0.4) is 0 Å². The first-order valence-electron chi connectivity index (χ1n) is 5.92. The molecule has 1 aromatic carbocycles. The molecule has 0 saturated heterocycles. The Morgan fingerprint density at radius 2 is 1.94 bits per heavy atom. The second-order valence-electron chi connectivity index (χ2n) is 4.73. The highest BCUT2D eigenvalue weighted by Gasteiger charge is 2.06. The van der Waals surface area contributed by atoms with Crippen LogP contribution >= 0.6 is 15.9 Å². The molecule has 0 aliphatic heterocycles. The second kappa shape index (κ2) is 6.41. The van der Waals surface area contributed by atoms with Crippen molar-refractivity contribution in [1.82, 2.24) is 5.32 Å². The Balaban J connectivity index is 2.51. The molecule has 0 bridgehead atoms. The van der Waals surface area contributed by atoms with E-state index in [9.17, 15) is 0 Å².